The molecule has 2 rings (SSSR count). The van der Waals surface area contributed by atoms with E-state index in [1.54, 1.807) is 0 Å². The molecule has 0 aliphatic carbocycles. The molecule has 1 heterocycles. The van der Waals surface area contributed by atoms with Gasteiger partial charge in [0, 0.05) is 23.7 Å². The molecule has 0 aromatic heterocycles. The lowest BCUT2D eigenvalue weighted by Gasteiger charge is -2.39. The van der Waals surface area contributed by atoms with Gasteiger partial charge in [-0.15, -0.1) is 0 Å². The molecule has 1 aromatic carbocycles. The van der Waals surface area contributed by atoms with E-state index in [2.05, 4.69) is 0 Å². The molecule has 2 unspecified atom stereocenters. The van der Waals surface area contributed by atoms with Crippen molar-refractivity contribution in [3.63, 3.8) is 0 Å². The van der Waals surface area contributed by atoms with Gasteiger partial charge in [-0.3, -0.25) is 9.69 Å². The summed E-state index contributed by atoms with van der Waals surface area (Å²) in [5.41, 5.74) is 0.593. The van der Waals surface area contributed by atoms with Crippen molar-refractivity contribution in [3.8, 4) is 0 Å². The minimum atomic E-state index is -0.893. The standard InChI is InChI=1S/C14H16Cl2FNO3/c1-8(10-5-13(17)12(16)6-11(10)15)18-2-3-21-7-9(18)4-14(19)20/h5-6,8-9H,2-4,7H2,1H3,(H,19,20). The van der Waals surface area contributed by atoms with Crippen molar-refractivity contribution in [2.45, 2.75) is 25.4 Å². The second kappa shape index (κ2) is 6.92. The molecule has 0 saturated carbocycles. The molecule has 21 heavy (non-hydrogen) atoms. The molecule has 1 N–H and O–H groups in total. The molecule has 0 bridgehead atoms. The third-order valence-corrected chi connectivity index (χ3v) is 4.29. The lowest BCUT2D eigenvalue weighted by molar-refractivity contribution is -0.140. The summed E-state index contributed by atoms with van der Waals surface area (Å²) in [6.07, 6.45) is -0.0297. The van der Waals surface area contributed by atoms with Gasteiger partial charge in [0.2, 0.25) is 0 Å². The monoisotopic (exact) mass is 335 g/mol. The van der Waals surface area contributed by atoms with E-state index in [-0.39, 0.29) is 23.5 Å². The Balaban J connectivity index is 2.26. The Labute approximate surface area is 132 Å². The highest BCUT2D eigenvalue weighted by molar-refractivity contribution is 6.35. The minimum absolute atomic E-state index is 0.0278. The van der Waals surface area contributed by atoms with Gasteiger partial charge in [-0.2, -0.15) is 0 Å². The Morgan fingerprint density at radius 2 is 2.24 bits per heavy atom. The molecule has 2 atom stereocenters. The number of nitrogens with zero attached hydrogens (tertiary/aromatic N) is 1. The van der Waals surface area contributed by atoms with Gasteiger partial charge in [0.15, 0.2) is 0 Å². The Morgan fingerprint density at radius 3 is 2.90 bits per heavy atom. The number of ether oxygens (including phenoxy) is 1. The van der Waals surface area contributed by atoms with Gasteiger partial charge in [-0.1, -0.05) is 23.2 Å². The Morgan fingerprint density at radius 1 is 1.52 bits per heavy atom. The number of carboxylic acid groups (broad SMARTS) is 1. The predicted octanol–water partition coefficient (Wildman–Crippen LogP) is 3.37. The maximum atomic E-state index is 13.7. The summed E-state index contributed by atoms with van der Waals surface area (Å²) < 4.78 is 19.0. The molecule has 116 valence electrons. The van der Waals surface area contributed by atoms with Crippen LogP contribution in [0.2, 0.25) is 10.0 Å². The summed E-state index contributed by atoms with van der Waals surface area (Å²) in [6, 6.07) is 2.19. The molecule has 4 nitrogen and oxygen atoms in total. The summed E-state index contributed by atoms with van der Waals surface area (Å²) in [7, 11) is 0. The average Bonchev–Trinajstić information content (AvgIpc) is 2.42. The number of hydrogen-bond acceptors (Lipinski definition) is 3. The Bertz CT molecular complexity index is 541. The van der Waals surface area contributed by atoms with Gasteiger partial charge >= 0.3 is 5.97 Å². The first-order valence-corrected chi connectivity index (χ1v) is 7.35. The van der Waals surface area contributed by atoms with E-state index >= 15 is 0 Å². The van der Waals surface area contributed by atoms with Crippen molar-refractivity contribution in [3.05, 3.63) is 33.6 Å². The van der Waals surface area contributed by atoms with Crippen LogP contribution in [0.25, 0.3) is 0 Å². The van der Waals surface area contributed by atoms with Crippen molar-refractivity contribution < 1.29 is 19.0 Å². The van der Waals surface area contributed by atoms with Gasteiger partial charge in [0.05, 0.1) is 24.7 Å². The summed E-state index contributed by atoms with van der Waals surface area (Å²) in [6.45, 7) is 3.28. The third kappa shape index (κ3) is 3.86. The third-order valence-electron chi connectivity index (χ3n) is 3.67. The summed E-state index contributed by atoms with van der Waals surface area (Å²) in [5.74, 6) is -1.43. The van der Waals surface area contributed by atoms with Crippen molar-refractivity contribution in [1.29, 1.82) is 0 Å². The van der Waals surface area contributed by atoms with Crippen molar-refractivity contribution in [2.24, 2.45) is 0 Å². The first-order valence-electron chi connectivity index (χ1n) is 6.60. The number of morpholine rings is 1. The van der Waals surface area contributed by atoms with E-state index in [4.69, 9.17) is 33.0 Å². The maximum Gasteiger partial charge on any atom is 0.305 e. The number of benzene rings is 1. The highest BCUT2D eigenvalue weighted by Gasteiger charge is 2.30. The van der Waals surface area contributed by atoms with Crippen molar-refractivity contribution in [2.75, 3.05) is 19.8 Å². The van der Waals surface area contributed by atoms with Crippen LogP contribution in [0, 0.1) is 5.82 Å². The SMILES string of the molecule is CC(c1cc(F)c(Cl)cc1Cl)N1CCOCC1CC(=O)O. The Hall–Kier alpha value is -0.880. The van der Waals surface area contributed by atoms with Gasteiger partial charge in [0.1, 0.15) is 5.82 Å². The molecule has 0 spiro atoms. The zero-order chi connectivity index (χ0) is 15.6. The largest absolute Gasteiger partial charge is 0.481 e. The normalized spacial score (nSPS) is 21.2. The van der Waals surface area contributed by atoms with Crippen molar-refractivity contribution >= 4 is 29.2 Å². The van der Waals surface area contributed by atoms with E-state index in [9.17, 15) is 9.18 Å². The van der Waals surface area contributed by atoms with E-state index in [1.165, 1.54) is 12.1 Å². The zero-order valence-electron chi connectivity index (χ0n) is 11.5. The van der Waals surface area contributed by atoms with E-state index in [1.807, 2.05) is 11.8 Å². The molecular weight excluding hydrogens is 320 g/mol. The summed E-state index contributed by atoms with van der Waals surface area (Å²) >= 11 is 11.8. The molecule has 1 saturated heterocycles. The highest BCUT2D eigenvalue weighted by Crippen LogP contribution is 2.33. The molecule has 1 aliphatic rings. The summed E-state index contributed by atoms with van der Waals surface area (Å²) in [4.78, 5) is 12.9. The fraction of sp³-hybridized carbons (Fsp3) is 0.500. The number of carbonyl (C=O) groups is 1. The quantitative estimate of drug-likeness (QED) is 0.857. The van der Waals surface area contributed by atoms with E-state index in [0.29, 0.717) is 30.3 Å². The van der Waals surface area contributed by atoms with Gasteiger partial charge < -0.3 is 9.84 Å². The van der Waals surface area contributed by atoms with Gasteiger partial charge in [-0.05, 0) is 24.6 Å². The van der Waals surface area contributed by atoms with Crippen LogP contribution in [-0.4, -0.2) is 41.8 Å². The van der Waals surface area contributed by atoms with Gasteiger partial charge in [0.25, 0.3) is 0 Å². The van der Waals surface area contributed by atoms with E-state index in [0.717, 1.165) is 0 Å². The minimum Gasteiger partial charge on any atom is -0.481 e. The van der Waals surface area contributed by atoms with Crippen LogP contribution in [0.3, 0.4) is 0 Å². The number of aliphatic carboxylic acids is 1. The number of rotatable bonds is 4. The van der Waals surface area contributed by atoms with Crippen LogP contribution in [0.4, 0.5) is 4.39 Å². The average molecular weight is 336 g/mol. The first-order chi connectivity index (χ1) is 9.90. The van der Waals surface area contributed by atoms with Gasteiger partial charge in [-0.25, -0.2) is 4.39 Å². The fourth-order valence-electron chi connectivity index (χ4n) is 2.59. The number of halogens is 3. The maximum absolute atomic E-state index is 13.7. The topological polar surface area (TPSA) is 49.8 Å². The molecular formula is C14H16Cl2FNO3. The zero-order valence-corrected chi connectivity index (χ0v) is 13.0. The number of carboxylic acids is 1. The molecule has 7 heteroatoms. The molecule has 0 radical (unpaired) electrons. The molecule has 1 fully saturated rings. The second-order valence-electron chi connectivity index (χ2n) is 5.03. The lowest BCUT2D eigenvalue weighted by atomic mass is 10.0. The van der Waals surface area contributed by atoms with Crippen LogP contribution in [-0.2, 0) is 9.53 Å². The smallest absolute Gasteiger partial charge is 0.305 e. The van der Waals surface area contributed by atoms with Crippen LogP contribution in [0.15, 0.2) is 12.1 Å². The van der Waals surface area contributed by atoms with E-state index < -0.39 is 11.8 Å². The Kier molecular flexibility index (Phi) is 5.43. The lowest BCUT2D eigenvalue weighted by Crippen LogP contribution is -2.47. The second-order valence-corrected chi connectivity index (χ2v) is 5.84. The number of hydrogen-bond donors (Lipinski definition) is 1. The van der Waals surface area contributed by atoms with Crippen LogP contribution >= 0.6 is 23.2 Å². The van der Waals surface area contributed by atoms with Crippen molar-refractivity contribution in [1.82, 2.24) is 4.90 Å². The first kappa shape index (κ1) is 16.5. The summed E-state index contributed by atoms with van der Waals surface area (Å²) in [5, 5.41) is 9.33. The fourth-order valence-corrected chi connectivity index (χ4v) is 3.13. The molecule has 0 amide bonds. The van der Waals surface area contributed by atoms with Crippen LogP contribution < -0.4 is 0 Å². The highest BCUT2D eigenvalue weighted by atomic mass is 35.5. The molecule has 1 aliphatic heterocycles. The van der Waals surface area contributed by atoms with Crippen LogP contribution in [0.5, 0.6) is 0 Å². The predicted molar refractivity (Wildman–Crippen MR) is 78.4 cm³/mol. The molecule has 1 aromatic rings. The van der Waals surface area contributed by atoms with Crippen LogP contribution in [0.1, 0.15) is 24.9 Å².